The summed E-state index contributed by atoms with van der Waals surface area (Å²) in [6, 6.07) is 0. The zero-order valence-corrected chi connectivity index (χ0v) is 15.8. The summed E-state index contributed by atoms with van der Waals surface area (Å²) < 4.78 is 11.1. The number of rotatable bonds is 9. The highest BCUT2D eigenvalue weighted by atomic mass is 16.5. The highest BCUT2D eigenvalue weighted by Gasteiger charge is 2.42. The first-order valence-electron chi connectivity index (χ1n) is 8.68. The molecule has 0 saturated carbocycles. The van der Waals surface area contributed by atoms with Gasteiger partial charge in [-0.1, -0.05) is 13.8 Å². The van der Waals surface area contributed by atoms with Gasteiger partial charge in [-0.05, 0) is 40.9 Å². The van der Waals surface area contributed by atoms with E-state index in [-0.39, 0.29) is 24.2 Å². The zero-order chi connectivity index (χ0) is 17.5. The Bertz CT molecular complexity index is 361. The molecule has 0 radical (unpaired) electrons. The van der Waals surface area contributed by atoms with E-state index < -0.39 is 0 Å². The number of ether oxygens (including phenoxy) is 2. The monoisotopic (exact) mass is 329 g/mol. The van der Waals surface area contributed by atoms with E-state index >= 15 is 0 Å². The van der Waals surface area contributed by atoms with Gasteiger partial charge in [-0.3, -0.25) is 14.6 Å². The van der Waals surface area contributed by atoms with Crippen molar-refractivity contribution in [3.8, 4) is 0 Å². The molecule has 0 aliphatic carbocycles. The van der Waals surface area contributed by atoms with Crippen molar-refractivity contribution in [2.45, 2.75) is 40.3 Å². The normalized spacial score (nSPS) is 22.5. The maximum absolute atomic E-state index is 11.9. The Hall–Kier alpha value is -0.690. The highest BCUT2D eigenvalue weighted by Crippen LogP contribution is 2.32. The lowest BCUT2D eigenvalue weighted by Crippen LogP contribution is -2.61. The summed E-state index contributed by atoms with van der Waals surface area (Å²) in [5.41, 5.74) is -0.0289. The van der Waals surface area contributed by atoms with Crippen molar-refractivity contribution in [3.63, 3.8) is 0 Å². The van der Waals surface area contributed by atoms with Gasteiger partial charge in [0.05, 0.1) is 13.3 Å². The van der Waals surface area contributed by atoms with Crippen LogP contribution in [0.4, 0.5) is 0 Å². The van der Waals surface area contributed by atoms with Crippen LogP contribution in [0.25, 0.3) is 0 Å². The van der Waals surface area contributed by atoms with Gasteiger partial charge >= 0.3 is 5.97 Å². The van der Waals surface area contributed by atoms with Crippen molar-refractivity contribution in [2.24, 2.45) is 5.41 Å². The van der Waals surface area contributed by atoms with Crippen LogP contribution in [0, 0.1) is 5.41 Å². The van der Waals surface area contributed by atoms with E-state index in [0.29, 0.717) is 13.2 Å². The number of esters is 1. The second kappa shape index (κ2) is 9.57. The molecule has 6 nitrogen and oxygen atoms in total. The molecule has 0 spiro atoms. The Morgan fingerprint density at radius 3 is 2.52 bits per heavy atom. The third-order valence-electron chi connectivity index (χ3n) is 4.05. The minimum atomic E-state index is -0.178. The van der Waals surface area contributed by atoms with Gasteiger partial charge in [-0.2, -0.15) is 0 Å². The summed E-state index contributed by atoms with van der Waals surface area (Å²) in [5.74, 6) is -0.178. The van der Waals surface area contributed by atoms with Crippen LogP contribution in [0.2, 0.25) is 0 Å². The van der Waals surface area contributed by atoms with Gasteiger partial charge in [-0.15, -0.1) is 0 Å². The number of hydrogen-bond acceptors (Lipinski definition) is 6. The van der Waals surface area contributed by atoms with Gasteiger partial charge in [0.25, 0.3) is 0 Å². The van der Waals surface area contributed by atoms with E-state index in [9.17, 15) is 4.79 Å². The van der Waals surface area contributed by atoms with Crippen LogP contribution >= 0.6 is 0 Å². The van der Waals surface area contributed by atoms with Crippen molar-refractivity contribution in [3.05, 3.63) is 0 Å². The molecule has 1 aliphatic heterocycles. The maximum atomic E-state index is 11.9. The van der Waals surface area contributed by atoms with Gasteiger partial charge in [0.1, 0.15) is 12.8 Å². The maximum Gasteiger partial charge on any atom is 0.320 e. The average Bonchev–Trinajstić information content (AvgIpc) is 2.42. The van der Waals surface area contributed by atoms with Crippen molar-refractivity contribution in [2.75, 3.05) is 60.2 Å². The summed E-state index contributed by atoms with van der Waals surface area (Å²) in [5, 5.41) is 0. The quantitative estimate of drug-likeness (QED) is 0.597. The minimum Gasteiger partial charge on any atom is -0.465 e. The summed E-state index contributed by atoms with van der Waals surface area (Å²) in [6.07, 6.45) is 1.07. The molecule has 136 valence electrons. The van der Waals surface area contributed by atoms with Crippen molar-refractivity contribution >= 4 is 5.97 Å². The molecule has 1 atom stereocenters. The lowest BCUT2D eigenvalue weighted by atomic mass is 9.87. The first-order valence-corrected chi connectivity index (χ1v) is 8.68. The van der Waals surface area contributed by atoms with Crippen molar-refractivity contribution in [1.82, 2.24) is 14.7 Å². The molecule has 1 heterocycles. The van der Waals surface area contributed by atoms with E-state index in [1.165, 1.54) is 0 Å². The SMILES string of the molecule is CCOC(=O)CN1CN(CCCN(C)C)CC(C)(C)C1OCC. The van der Waals surface area contributed by atoms with Crippen LogP contribution in [0.1, 0.15) is 34.1 Å². The van der Waals surface area contributed by atoms with E-state index in [2.05, 4.69) is 42.6 Å². The van der Waals surface area contributed by atoms with Crippen molar-refractivity contribution < 1.29 is 14.3 Å². The van der Waals surface area contributed by atoms with E-state index in [4.69, 9.17) is 9.47 Å². The third kappa shape index (κ3) is 6.75. The third-order valence-corrected chi connectivity index (χ3v) is 4.05. The molecule has 0 N–H and O–H groups in total. The molecule has 23 heavy (non-hydrogen) atoms. The number of hydrogen-bond donors (Lipinski definition) is 0. The summed E-state index contributed by atoms with van der Waals surface area (Å²) in [4.78, 5) is 18.7. The fraction of sp³-hybridized carbons (Fsp3) is 0.941. The molecule has 0 bridgehead atoms. The largest absolute Gasteiger partial charge is 0.465 e. The van der Waals surface area contributed by atoms with Crippen LogP contribution in [0.3, 0.4) is 0 Å². The highest BCUT2D eigenvalue weighted by molar-refractivity contribution is 5.71. The lowest BCUT2D eigenvalue weighted by Gasteiger charge is -2.50. The van der Waals surface area contributed by atoms with Gasteiger partial charge in [-0.25, -0.2) is 0 Å². The van der Waals surface area contributed by atoms with Crippen LogP contribution in [-0.2, 0) is 14.3 Å². The lowest BCUT2D eigenvalue weighted by molar-refractivity contribution is -0.185. The van der Waals surface area contributed by atoms with Gasteiger partial charge in [0, 0.05) is 25.1 Å². The van der Waals surface area contributed by atoms with Crippen LogP contribution in [0.5, 0.6) is 0 Å². The first-order chi connectivity index (χ1) is 10.8. The van der Waals surface area contributed by atoms with Crippen LogP contribution in [-0.4, -0.2) is 87.1 Å². The van der Waals surface area contributed by atoms with Gasteiger partial charge in [0.2, 0.25) is 0 Å². The topological polar surface area (TPSA) is 45.2 Å². The fourth-order valence-electron chi connectivity index (χ4n) is 3.28. The molecule has 1 fully saturated rings. The van der Waals surface area contributed by atoms with Crippen LogP contribution < -0.4 is 0 Å². The van der Waals surface area contributed by atoms with E-state index in [0.717, 1.165) is 32.7 Å². The van der Waals surface area contributed by atoms with Gasteiger partial charge in [0.15, 0.2) is 0 Å². The Kier molecular flexibility index (Phi) is 8.47. The second-order valence-corrected chi connectivity index (χ2v) is 7.20. The molecule has 1 saturated heterocycles. The molecule has 0 aromatic carbocycles. The molecule has 0 aromatic rings. The molecule has 6 heteroatoms. The Morgan fingerprint density at radius 2 is 1.96 bits per heavy atom. The minimum absolute atomic E-state index is 0.0289. The summed E-state index contributed by atoms with van der Waals surface area (Å²) in [6.45, 7) is 13.4. The van der Waals surface area contributed by atoms with Crippen LogP contribution in [0.15, 0.2) is 0 Å². The summed E-state index contributed by atoms with van der Waals surface area (Å²) >= 11 is 0. The number of carbonyl (C=O) groups is 1. The molecule has 0 aromatic heterocycles. The number of nitrogens with zero attached hydrogens (tertiary/aromatic N) is 3. The molecule has 0 amide bonds. The first kappa shape index (κ1) is 20.4. The molecule has 1 unspecified atom stereocenters. The van der Waals surface area contributed by atoms with E-state index in [1.54, 1.807) is 0 Å². The molecule has 1 aliphatic rings. The smallest absolute Gasteiger partial charge is 0.320 e. The molecular formula is C17H35N3O3. The average molecular weight is 329 g/mol. The Morgan fingerprint density at radius 1 is 1.26 bits per heavy atom. The second-order valence-electron chi connectivity index (χ2n) is 7.20. The Labute approximate surface area is 141 Å². The fourth-order valence-corrected chi connectivity index (χ4v) is 3.28. The number of carbonyl (C=O) groups excluding carboxylic acids is 1. The van der Waals surface area contributed by atoms with Gasteiger partial charge < -0.3 is 14.4 Å². The molecular weight excluding hydrogens is 294 g/mol. The molecule has 1 rings (SSSR count). The Balaban J connectivity index is 2.72. The summed E-state index contributed by atoms with van der Waals surface area (Å²) in [7, 11) is 4.19. The predicted octanol–water partition coefficient (Wildman–Crippen LogP) is 1.47. The predicted molar refractivity (Wildman–Crippen MR) is 92.1 cm³/mol. The zero-order valence-electron chi connectivity index (χ0n) is 15.8. The van der Waals surface area contributed by atoms with E-state index in [1.807, 2.05) is 13.8 Å². The van der Waals surface area contributed by atoms with Crippen molar-refractivity contribution in [1.29, 1.82) is 0 Å². The standard InChI is InChI=1S/C17H35N3O3/c1-7-22-15(21)12-20-14-19(11-9-10-18(5)6)13-17(3,4)16(20)23-8-2/h16H,7-14H2,1-6H3.